The summed E-state index contributed by atoms with van der Waals surface area (Å²) in [7, 11) is -0.632. The Labute approximate surface area is 104 Å². The van der Waals surface area contributed by atoms with Crippen molar-refractivity contribution >= 4 is 14.0 Å². The van der Waals surface area contributed by atoms with Crippen molar-refractivity contribution in [1.82, 2.24) is 0 Å². The van der Waals surface area contributed by atoms with Crippen LogP contribution in [0.1, 0.15) is 38.5 Å². The van der Waals surface area contributed by atoms with Crippen molar-refractivity contribution in [2.45, 2.75) is 38.5 Å². The molecule has 17 heavy (non-hydrogen) atoms. The van der Waals surface area contributed by atoms with Gasteiger partial charge in [0.15, 0.2) is 0 Å². The molecule has 3 fully saturated rings. The Morgan fingerprint density at radius 2 is 1.24 bits per heavy atom. The minimum absolute atomic E-state index is 0.281. The van der Waals surface area contributed by atoms with Gasteiger partial charge < -0.3 is 18.6 Å². The molecular formula is C11H20B2O4. The fraction of sp³-hybridized carbons (Fsp3) is 1.00. The predicted molar refractivity (Wildman–Crippen MR) is 65.5 cm³/mol. The Kier molecular flexibility index (Phi) is 3.75. The van der Waals surface area contributed by atoms with Crippen LogP contribution in [0.3, 0.4) is 0 Å². The van der Waals surface area contributed by atoms with Crippen LogP contribution in [-0.4, -0.2) is 40.4 Å². The molecular weight excluding hydrogens is 218 g/mol. The van der Waals surface area contributed by atoms with E-state index >= 15 is 0 Å². The highest BCUT2D eigenvalue weighted by Crippen LogP contribution is 2.39. The van der Waals surface area contributed by atoms with Crippen molar-refractivity contribution in [1.29, 1.82) is 0 Å². The van der Waals surface area contributed by atoms with Crippen molar-refractivity contribution in [2.75, 3.05) is 26.4 Å². The summed E-state index contributed by atoms with van der Waals surface area (Å²) in [6.45, 7) is 3.11. The summed E-state index contributed by atoms with van der Waals surface area (Å²) in [4.78, 5) is 0. The highest BCUT2D eigenvalue weighted by Gasteiger charge is 2.47. The van der Waals surface area contributed by atoms with E-state index < -0.39 is 0 Å². The van der Waals surface area contributed by atoms with Crippen LogP contribution in [0.25, 0.3) is 0 Å². The summed E-state index contributed by atoms with van der Waals surface area (Å²) in [5.74, 6) is 0. The van der Waals surface area contributed by atoms with Crippen LogP contribution >= 0.6 is 0 Å². The second kappa shape index (κ2) is 5.31. The molecule has 0 aromatic rings. The van der Waals surface area contributed by atoms with Crippen molar-refractivity contribution in [2.24, 2.45) is 5.41 Å². The van der Waals surface area contributed by atoms with Gasteiger partial charge in [-0.1, -0.05) is 19.3 Å². The number of hydrogen-bond donors (Lipinski definition) is 0. The van der Waals surface area contributed by atoms with Gasteiger partial charge in [-0.25, -0.2) is 0 Å². The van der Waals surface area contributed by atoms with Gasteiger partial charge in [-0.15, -0.1) is 0 Å². The highest BCUT2D eigenvalue weighted by atomic mass is 16.7. The summed E-state index contributed by atoms with van der Waals surface area (Å²) in [5, 5.41) is 0. The van der Waals surface area contributed by atoms with Crippen molar-refractivity contribution < 1.29 is 18.6 Å². The molecule has 0 amide bonds. The van der Waals surface area contributed by atoms with Gasteiger partial charge in [0.2, 0.25) is 0 Å². The van der Waals surface area contributed by atoms with Crippen LogP contribution in [0.15, 0.2) is 0 Å². The standard InChI is InChI=1S/C11H20B2O4/c1-2-5-11(6-3-1)9-16-13(17-10-11)12-14-7-4-8-15-12/h1-10H2. The third kappa shape index (κ3) is 2.70. The summed E-state index contributed by atoms with van der Waals surface area (Å²) >= 11 is 0. The maximum absolute atomic E-state index is 5.84. The molecule has 0 N–H and O–H groups in total. The predicted octanol–water partition coefficient (Wildman–Crippen LogP) is 1.48. The van der Waals surface area contributed by atoms with E-state index in [1.54, 1.807) is 0 Å². The third-order valence-electron chi connectivity index (χ3n) is 4.10. The molecule has 3 aliphatic rings. The zero-order valence-electron chi connectivity index (χ0n) is 10.4. The molecule has 6 heteroatoms. The Bertz CT molecular complexity index is 242. The lowest BCUT2D eigenvalue weighted by molar-refractivity contribution is -0.0182. The molecule has 2 saturated heterocycles. The van der Waals surface area contributed by atoms with Gasteiger partial charge in [-0.3, -0.25) is 0 Å². The molecule has 1 aliphatic carbocycles. The minimum Gasteiger partial charge on any atom is -0.413 e. The zero-order valence-corrected chi connectivity index (χ0v) is 10.4. The van der Waals surface area contributed by atoms with Crippen molar-refractivity contribution in [3.05, 3.63) is 0 Å². The molecule has 4 nitrogen and oxygen atoms in total. The number of hydrogen-bond acceptors (Lipinski definition) is 4. The lowest BCUT2D eigenvalue weighted by atomic mass is 9.47. The van der Waals surface area contributed by atoms with E-state index in [0.717, 1.165) is 32.8 Å². The van der Waals surface area contributed by atoms with Crippen LogP contribution in [0.5, 0.6) is 0 Å². The molecule has 0 aromatic heterocycles. The summed E-state index contributed by atoms with van der Waals surface area (Å²) in [6.07, 6.45) is 7.44. The van der Waals surface area contributed by atoms with E-state index in [9.17, 15) is 0 Å². The minimum atomic E-state index is -0.317. The first-order valence-electron chi connectivity index (χ1n) is 6.85. The van der Waals surface area contributed by atoms with Crippen molar-refractivity contribution in [3.63, 3.8) is 0 Å². The zero-order chi connectivity index (χ0) is 11.6. The molecule has 0 radical (unpaired) electrons. The Morgan fingerprint density at radius 1 is 0.647 bits per heavy atom. The van der Waals surface area contributed by atoms with Crippen LogP contribution in [0.4, 0.5) is 0 Å². The highest BCUT2D eigenvalue weighted by molar-refractivity contribution is 7.10. The van der Waals surface area contributed by atoms with Gasteiger partial charge >= 0.3 is 14.0 Å². The van der Waals surface area contributed by atoms with Crippen LogP contribution in [-0.2, 0) is 18.6 Å². The molecule has 2 heterocycles. The average Bonchev–Trinajstić information content (AvgIpc) is 2.42. The van der Waals surface area contributed by atoms with Crippen LogP contribution < -0.4 is 0 Å². The fourth-order valence-electron chi connectivity index (χ4n) is 3.02. The first-order valence-corrected chi connectivity index (χ1v) is 6.85. The third-order valence-corrected chi connectivity index (χ3v) is 4.10. The van der Waals surface area contributed by atoms with E-state index in [2.05, 4.69) is 0 Å². The van der Waals surface area contributed by atoms with Gasteiger partial charge in [-0.05, 0) is 19.3 Å². The molecule has 0 aromatic carbocycles. The largest absolute Gasteiger partial charge is 0.488 e. The first kappa shape index (κ1) is 12.0. The van der Waals surface area contributed by atoms with Gasteiger partial charge in [0.1, 0.15) is 0 Å². The summed E-state index contributed by atoms with van der Waals surface area (Å²) < 4.78 is 22.7. The normalized spacial score (nSPS) is 29.6. The lowest BCUT2D eigenvalue weighted by Crippen LogP contribution is -2.55. The topological polar surface area (TPSA) is 36.9 Å². The Morgan fingerprint density at radius 3 is 1.88 bits per heavy atom. The summed E-state index contributed by atoms with van der Waals surface area (Å²) in [6, 6.07) is 0. The molecule has 0 atom stereocenters. The Balaban J connectivity index is 1.52. The van der Waals surface area contributed by atoms with E-state index in [0.29, 0.717) is 0 Å². The fourth-order valence-corrected chi connectivity index (χ4v) is 3.02. The van der Waals surface area contributed by atoms with Gasteiger partial charge in [-0.2, -0.15) is 0 Å². The maximum atomic E-state index is 5.84. The van der Waals surface area contributed by atoms with Gasteiger partial charge in [0.05, 0.1) is 0 Å². The average molecular weight is 238 g/mol. The van der Waals surface area contributed by atoms with E-state index in [4.69, 9.17) is 18.6 Å². The van der Waals surface area contributed by atoms with Crippen LogP contribution in [0.2, 0.25) is 0 Å². The van der Waals surface area contributed by atoms with E-state index in [1.807, 2.05) is 0 Å². The second-order valence-electron chi connectivity index (χ2n) is 5.51. The lowest BCUT2D eigenvalue weighted by Gasteiger charge is -2.42. The molecule has 3 rings (SSSR count). The second-order valence-corrected chi connectivity index (χ2v) is 5.51. The number of rotatable bonds is 1. The molecule has 94 valence electrons. The smallest absolute Gasteiger partial charge is 0.413 e. The van der Waals surface area contributed by atoms with Gasteiger partial charge in [0, 0.05) is 31.8 Å². The van der Waals surface area contributed by atoms with Crippen LogP contribution in [0, 0.1) is 5.41 Å². The van der Waals surface area contributed by atoms with E-state index in [-0.39, 0.29) is 19.4 Å². The molecule has 1 spiro atoms. The van der Waals surface area contributed by atoms with Crippen molar-refractivity contribution in [3.8, 4) is 0 Å². The molecule has 1 saturated carbocycles. The monoisotopic (exact) mass is 238 g/mol. The summed E-state index contributed by atoms with van der Waals surface area (Å²) in [5.41, 5.74) is 0.281. The van der Waals surface area contributed by atoms with Gasteiger partial charge in [0.25, 0.3) is 0 Å². The quantitative estimate of drug-likeness (QED) is 0.648. The maximum Gasteiger partial charge on any atom is 0.488 e. The molecule has 0 bridgehead atoms. The van der Waals surface area contributed by atoms with E-state index in [1.165, 1.54) is 32.1 Å². The molecule has 2 aliphatic heterocycles. The Hall–Kier alpha value is -0.0301. The SMILES string of the molecule is C1CCC2(CC1)COB(B1OCCCO1)OC2. The first-order chi connectivity index (χ1) is 8.38. The molecule has 0 unspecified atom stereocenters.